The van der Waals surface area contributed by atoms with Crippen molar-refractivity contribution in [1.82, 2.24) is 9.55 Å². The number of alkyl halides is 1. The Balaban J connectivity index is 2.18. The summed E-state index contributed by atoms with van der Waals surface area (Å²) in [4.78, 5) is 5.74. The average molecular weight is 346 g/mol. The first kappa shape index (κ1) is 14.2. The number of thiophene rings is 1. The molecule has 0 N–H and O–H groups in total. The normalized spacial score (nSPS) is 13.0. The zero-order valence-corrected chi connectivity index (χ0v) is 13.7. The number of rotatable bonds is 3. The second-order valence-corrected chi connectivity index (χ2v) is 6.93. The van der Waals surface area contributed by atoms with E-state index < -0.39 is 0 Å². The summed E-state index contributed by atoms with van der Waals surface area (Å²) in [6, 6.07) is 9.79. The molecular weight excluding hydrogens is 335 g/mol. The van der Waals surface area contributed by atoms with E-state index in [1.807, 2.05) is 30.3 Å². The number of hydrogen-bond donors (Lipinski definition) is 0. The van der Waals surface area contributed by atoms with E-state index in [-0.39, 0.29) is 6.04 Å². The minimum absolute atomic E-state index is 0.132. The fourth-order valence-corrected chi connectivity index (χ4v) is 3.79. The van der Waals surface area contributed by atoms with Crippen LogP contribution in [0.1, 0.15) is 23.7 Å². The van der Waals surface area contributed by atoms with Crippen LogP contribution in [0.4, 0.5) is 0 Å². The monoisotopic (exact) mass is 344 g/mol. The van der Waals surface area contributed by atoms with E-state index in [1.165, 1.54) is 4.88 Å². The fraction of sp³-hybridized carbons (Fsp3) is 0.214. The van der Waals surface area contributed by atoms with Gasteiger partial charge in [-0.05, 0) is 37.3 Å². The van der Waals surface area contributed by atoms with Gasteiger partial charge in [0.25, 0.3) is 0 Å². The highest BCUT2D eigenvalue weighted by molar-refractivity contribution is 7.16. The summed E-state index contributed by atoms with van der Waals surface area (Å²) in [5.74, 6) is 1.19. The van der Waals surface area contributed by atoms with Gasteiger partial charge in [0.1, 0.15) is 5.82 Å². The van der Waals surface area contributed by atoms with Crippen molar-refractivity contribution in [2.75, 3.05) is 0 Å². The van der Waals surface area contributed by atoms with Crippen LogP contribution < -0.4 is 0 Å². The Hall–Kier alpha value is -0.740. The van der Waals surface area contributed by atoms with Crippen LogP contribution in [0.5, 0.6) is 0 Å². The smallest absolute Gasteiger partial charge is 0.125 e. The van der Waals surface area contributed by atoms with Gasteiger partial charge in [0.2, 0.25) is 0 Å². The SMILES string of the molecule is CC(c1ccc(Cl)s1)n1c(CCl)nc2cc(Cl)ccc21. The van der Waals surface area contributed by atoms with Crippen molar-refractivity contribution >= 4 is 57.2 Å². The Morgan fingerprint density at radius 1 is 1.25 bits per heavy atom. The van der Waals surface area contributed by atoms with Crippen LogP contribution in [0.25, 0.3) is 11.0 Å². The lowest BCUT2D eigenvalue weighted by atomic mass is 10.2. The molecule has 2 nitrogen and oxygen atoms in total. The molecule has 104 valence electrons. The van der Waals surface area contributed by atoms with Crippen LogP contribution in [0.15, 0.2) is 30.3 Å². The van der Waals surface area contributed by atoms with E-state index in [9.17, 15) is 0 Å². The highest BCUT2D eigenvalue weighted by Crippen LogP contribution is 2.33. The lowest BCUT2D eigenvalue weighted by Gasteiger charge is -2.15. The molecule has 0 bridgehead atoms. The van der Waals surface area contributed by atoms with Crippen molar-refractivity contribution in [3.05, 3.63) is 50.4 Å². The first-order valence-corrected chi connectivity index (χ1v) is 8.18. The maximum atomic E-state index is 6.04. The van der Waals surface area contributed by atoms with Gasteiger partial charge in [0.15, 0.2) is 0 Å². The molecule has 0 aliphatic carbocycles. The van der Waals surface area contributed by atoms with E-state index >= 15 is 0 Å². The van der Waals surface area contributed by atoms with E-state index in [1.54, 1.807) is 11.3 Å². The van der Waals surface area contributed by atoms with Crippen LogP contribution in [-0.4, -0.2) is 9.55 Å². The summed E-state index contributed by atoms with van der Waals surface area (Å²) < 4.78 is 2.92. The zero-order chi connectivity index (χ0) is 14.3. The molecule has 3 rings (SSSR count). The van der Waals surface area contributed by atoms with Crippen molar-refractivity contribution in [1.29, 1.82) is 0 Å². The number of halogens is 3. The molecule has 1 atom stereocenters. The average Bonchev–Trinajstić information content (AvgIpc) is 3.00. The van der Waals surface area contributed by atoms with Crippen molar-refractivity contribution in [2.45, 2.75) is 18.8 Å². The first-order valence-electron chi connectivity index (χ1n) is 6.07. The minimum atomic E-state index is 0.132. The third kappa shape index (κ3) is 2.44. The van der Waals surface area contributed by atoms with Crippen LogP contribution >= 0.6 is 46.1 Å². The molecule has 0 aliphatic rings. The number of fused-ring (bicyclic) bond motifs is 1. The van der Waals surface area contributed by atoms with Gasteiger partial charge in [0, 0.05) is 9.90 Å². The molecule has 6 heteroatoms. The van der Waals surface area contributed by atoms with Crippen LogP contribution in [-0.2, 0) is 5.88 Å². The quantitative estimate of drug-likeness (QED) is 0.552. The van der Waals surface area contributed by atoms with E-state index in [2.05, 4.69) is 16.5 Å². The van der Waals surface area contributed by atoms with E-state index in [0.717, 1.165) is 21.2 Å². The second-order valence-electron chi connectivity index (χ2n) is 4.48. The Kier molecular flexibility index (Phi) is 3.95. The molecule has 1 unspecified atom stereocenters. The molecule has 1 aromatic carbocycles. The van der Waals surface area contributed by atoms with Crippen molar-refractivity contribution in [3.8, 4) is 0 Å². The Bertz CT molecular complexity index is 763. The minimum Gasteiger partial charge on any atom is -0.319 e. The molecule has 0 radical (unpaired) electrons. The van der Waals surface area contributed by atoms with Crippen molar-refractivity contribution in [3.63, 3.8) is 0 Å². The van der Waals surface area contributed by atoms with Gasteiger partial charge in [0.05, 0.1) is 27.3 Å². The molecular formula is C14H11Cl3N2S. The third-order valence-electron chi connectivity index (χ3n) is 3.24. The number of aromatic nitrogens is 2. The molecule has 2 heterocycles. The molecule has 0 spiro atoms. The van der Waals surface area contributed by atoms with Gasteiger partial charge >= 0.3 is 0 Å². The summed E-state index contributed by atoms with van der Waals surface area (Å²) in [5, 5.41) is 0.676. The Morgan fingerprint density at radius 2 is 2.05 bits per heavy atom. The second kappa shape index (κ2) is 5.57. The maximum Gasteiger partial charge on any atom is 0.125 e. The van der Waals surface area contributed by atoms with Crippen molar-refractivity contribution < 1.29 is 0 Å². The summed E-state index contributed by atoms with van der Waals surface area (Å²) in [6.07, 6.45) is 0. The van der Waals surface area contributed by atoms with E-state index in [0.29, 0.717) is 10.9 Å². The molecule has 3 aromatic rings. The molecule has 0 saturated heterocycles. The first-order chi connectivity index (χ1) is 9.60. The number of nitrogens with zero attached hydrogens (tertiary/aromatic N) is 2. The molecule has 0 amide bonds. The molecule has 2 aromatic heterocycles. The van der Waals surface area contributed by atoms with Crippen LogP contribution in [0.3, 0.4) is 0 Å². The Morgan fingerprint density at radius 3 is 2.70 bits per heavy atom. The van der Waals surface area contributed by atoms with Gasteiger partial charge in [-0.3, -0.25) is 0 Å². The lowest BCUT2D eigenvalue weighted by Crippen LogP contribution is -2.08. The maximum absolute atomic E-state index is 6.04. The predicted octanol–water partition coefficient (Wildman–Crippen LogP) is 5.75. The summed E-state index contributed by atoms with van der Waals surface area (Å²) >= 11 is 19.7. The number of hydrogen-bond acceptors (Lipinski definition) is 2. The zero-order valence-electron chi connectivity index (χ0n) is 10.6. The Labute approximate surface area is 135 Å². The van der Waals surface area contributed by atoms with Crippen molar-refractivity contribution in [2.24, 2.45) is 0 Å². The predicted molar refractivity (Wildman–Crippen MR) is 87.4 cm³/mol. The topological polar surface area (TPSA) is 17.8 Å². The van der Waals surface area contributed by atoms with Gasteiger partial charge in [-0.1, -0.05) is 23.2 Å². The standard InChI is InChI=1S/C14H11Cl3N2S/c1-8(12-4-5-13(17)20-12)19-11-3-2-9(16)6-10(11)18-14(19)7-15/h2-6,8H,7H2,1H3. The molecule has 0 saturated carbocycles. The number of imidazole rings is 1. The summed E-state index contributed by atoms with van der Waals surface area (Å²) in [7, 11) is 0. The summed E-state index contributed by atoms with van der Waals surface area (Å²) in [5.41, 5.74) is 1.89. The van der Waals surface area contributed by atoms with Gasteiger partial charge in [-0.15, -0.1) is 22.9 Å². The largest absolute Gasteiger partial charge is 0.319 e. The molecule has 0 fully saturated rings. The number of benzene rings is 1. The highest BCUT2D eigenvalue weighted by Gasteiger charge is 2.18. The third-order valence-corrected chi connectivity index (χ3v) is 5.11. The highest BCUT2D eigenvalue weighted by atomic mass is 35.5. The van der Waals surface area contributed by atoms with Crippen LogP contribution in [0, 0.1) is 0 Å². The summed E-state index contributed by atoms with van der Waals surface area (Å²) in [6.45, 7) is 2.12. The van der Waals surface area contributed by atoms with Gasteiger partial charge in [-0.25, -0.2) is 4.98 Å². The van der Waals surface area contributed by atoms with Gasteiger partial charge in [-0.2, -0.15) is 0 Å². The van der Waals surface area contributed by atoms with Crippen LogP contribution in [0.2, 0.25) is 9.36 Å². The van der Waals surface area contributed by atoms with E-state index in [4.69, 9.17) is 34.8 Å². The van der Waals surface area contributed by atoms with Gasteiger partial charge < -0.3 is 4.57 Å². The molecule has 0 aliphatic heterocycles. The lowest BCUT2D eigenvalue weighted by molar-refractivity contribution is 0.644. The fourth-order valence-electron chi connectivity index (χ4n) is 2.33. The molecule has 20 heavy (non-hydrogen) atoms.